The zero-order chi connectivity index (χ0) is 7.40. The molecule has 0 bridgehead atoms. The summed E-state index contributed by atoms with van der Waals surface area (Å²) in [5.74, 6) is 0. The smallest absolute Gasteiger partial charge is 0.181 e. The van der Waals surface area contributed by atoms with E-state index in [1.165, 1.54) is 12.1 Å². The summed E-state index contributed by atoms with van der Waals surface area (Å²) in [6.45, 7) is 0.642. The van der Waals surface area contributed by atoms with Gasteiger partial charge >= 0.3 is 0 Å². The van der Waals surface area contributed by atoms with Gasteiger partial charge in [0.15, 0.2) is 5.43 Å². The molecule has 0 aromatic carbocycles. The van der Waals surface area contributed by atoms with E-state index in [0.29, 0.717) is 6.54 Å². The van der Waals surface area contributed by atoms with Crippen LogP contribution in [0.1, 0.15) is 0 Å². The maximum Gasteiger partial charge on any atom is 0.181 e. The summed E-state index contributed by atoms with van der Waals surface area (Å²) >= 11 is 0. The molecule has 54 valence electrons. The molecule has 1 aromatic rings. The van der Waals surface area contributed by atoms with Crippen LogP contribution in [0.5, 0.6) is 0 Å². The van der Waals surface area contributed by atoms with Gasteiger partial charge in [-0.3, -0.25) is 4.79 Å². The molecule has 3 nitrogen and oxygen atoms in total. The van der Waals surface area contributed by atoms with E-state index >= 15 is 0 Å². The van der Waals surface area contributed by atoms with Crippen LogP contribution in [0.15, 0.2) is 29.3 Å². The number of rotatable bonds is 2. The summed E-state index contributed by atoms with van der Waals surface area (Å²) in [4.78, 5) is 10.6. The first kappa shape index (κ1) is 7.02. The van der Waals surface area contributed by atoms with Crippen molar-refractivity contribution >= 4 is 0 Å². The molecular formula is C7H9NO2. The second-order valence-corrected chi connectivity index (χ2v) is 2.00. The summed E-state index contributed by atoms with van der Waals surface area (Å²) < 4.78 is 1.75. The Morgan fingerprint density at radius 1 is 1.40 bits per heavy atom. The Kier molecular flexibility index (Phi) is 2.23. The molecule has 0 atom stereocenters. The molecule has 0 amide bonds. The second kappa shape index (κ2) is 3.17. The highest BCUT2D eigenvalue weighted by Gasteiger charge is 1.84. The minimum atomic E-state index is -0.00538. The average Bonchev–Trinajstić information content (AvgIpc) is 1.95. The van der Waals surface area contributed by atoms with Crippen LogP contribution in [-0.2, 0) is 6.54 Å². The Labute approximate surface area is 58.5 Å². The van der Waals surface area contributed by atoms with Crippen molar-refractivity contribution in [2.45, 2.75) is 6.54 Å². The molecule has 0 unspecified atom stereocenters. The Balaban J connectivity index is 2.79. The molecule has 0 fully saturated rings. The first-order valence-corrected chi connectivity index (χ1v) is 3.10. The average molecular weight is 139 g/mol. The van der Waals surface area contributed by atoms with E-state index in [2.05, 4.69) is 0 Å². The molecule has 0 aliphatic rings. The number of nitrogens with zero attached hydrogens (tertiary/aromatic N) is 1. The topological polar surface area (TPSA) is 42.2 Å². The van der Waals surface area contributed by atoms with Gasteiger partial charge in [0.2, 0.25) is 0 Å². The van der Waals surface area contributed by atoms with Gasteiger partial charge in [-0.1, -0.05) is 0 Å². The van der Waals surface area contributed by atoms with Gasteiger partial charge < -0.3 is 9.67 Å². The third-order valence-electron chi connectivity index (χ3n) is 1.22. The molecule has 3 heteroatoms. The van der Waals surface area contributed by atoms with Crippen LogP contribution < -0.4 is 5.43 Å². The van der Waals surface area contributed by atoms with Gasteiger partial charge in [-0.2, -0.15) is 0 Å². The third kappa shape index (κ3) is 1.70. The van der Waals surface area contributed by atoms with Crippen molar-refractivity contribution in [1.29, 1.82) is 0 Å². The van der Waals surface area contributed by atoms with Crippen LogP contribution in [0.2, 0.25) is 0 Å². The largest absolute Gasteiger partial charge is 0.395 e. The highest BCUT2D eigenvalue weighted by Crippen LogP contribution is 1.81. The number of hydrogen-bond acceptors (Lipinski definition) is 2. The van der Waals surface area contributed by atoms with Crippen LogP contribution in [-0.4, -0.2) is 16.3 Å². The van der Waals surface area contributed by atoms with E-state index in [4.69, 9.17) is 5.11 Å². The molecule has 0 radical (unpaired) electrons. The van der Waals surface area contributed by atoms with Gasteiger partial charge in [0.25, 0.3) is 0 Å². The highest BCUT2D eigenvalue weighted by atomic mass is 16.3. The standard InChI is InChI=1S/C7H9NO2/c9-6-5-8-3-1-7(10)2-4-8/h1-4,9H,5-6H2. The normalized spacial score (nSPS) is 9.70. The lowest BCUT2D eigenvalue weighted by atomic mass is 10.4. The predicted molar refractivity (Wildman–Crippen MR) is 37.8 cm³/mol. The molecule has 0 aliphatic carbocycles. The summed E-state index contributed by atoms with van der Waals surface area (Å²) in [5.41, 5.74) is -0.00538. The Hall–Kier alpha value is -1.09. The van der Waals surface area contributed by atoms with Gasteiger partial charge in [0, 0.05) is 31.1 Å². The van der Waals surface area contributed by atoms with Gasteiger partial charge in [-0.05, 0) is 0 Å². The molecule has 0 spiro atoms. The van der Waals surface area contributed by atoms with Crippen molar-refractivity contribution in [3.8, 4) is 0 Å². The first-order chi connectivity index (χ1) is 4.83. The zero-order valence-corrected chi connectivity index (χ0v) is 5.53. The van der Waals surface area contributed by atoms with E-state index in [0.717, 1.165) is 0 Å². The van der Waals surface area contributed by atoms with Crippen molar-refractivity contribution in [2.75, 3.05) is 6.61 Å². The van der Waals surface area contributed by atoms with Crippen LogP contribution in [0, 0.1) is 0 Å². The number of aliphatic hydroxyl groups excluding tert-OH is 1. The van der Waals surface area contributed by atoms with Crippen LogP contribution in [0.3, 0.4) is 0 Å². The quantitative estimate of drug-likeness (QED) is 0.618. The van der Waals surface area contributed by atoms with E-state index in [-0.39, 0.29) is 12.0 Å². The summed E-state index contributed by atoms with van der Waals surface area (Å²) in [5, 5.41) is 8.49. The maximum atomic E-state index is 10.6. The molecule has 1 heterocycles. The number of aliphatic hydroxyl groups is 1. The minimum absolute atomic E-state index is 0.00538. The lowest BCUT2D eigenvalue weighted by Crippen LogP contribution is -2.05. The van der Waals surface area contributed by atoms with E-state index < -0.39 is 0 Å². The van der Waals surface area contributed by atoms with Crippen LogP contribution in [0.25, 0.3) is 0 Å². The summed E-state index contributed by atoms with van der Waals surface area (Å²) in [6, 6.07) is 2.94. The van der Waals surface area contributed by atoms with E-state index in [1.54, 1.807) is 17.0 Å². The minimum Gasteiger partial charge on any atom is -0.395 e. The highest BCUT2D eigenvalue weighted by molar-refractivity contribution is 4.93. The van der Waals surface area contributed by atoms with Crippen molar-refractivity contribution in [3.05, 3.63) is 34.7 Å². The molecule has 10 heavy (non-hydrogen) atoms. The first-order valence-electron chi connectivity index (χ1n) is 3.10. The van der Waals surface area contributed by atoms with Crippen LogP contribution in [0.4, 0.5) is 0 Å². The van der Waals surface area contributed by atoms with E-state index in [9.17, 15) is 4.79 Å². The van der Waals surface area contributed by atoms with Gasteiger partial charge in [0.1, 0.15) is 0 Å². The number of pyridine rings is 1. The van der Waals surface area contributed by atoms with Crippen molar-refractivity contribution in [2.24, 2.45) is 0 Å². The molecule has 0 saturated heterocycles. The molecule has 1 aromatic heterocycles. The maximum absolute atomic E-state index is 10.6. The monoisotopic (exact) mass is 139 g/mol. The lowest BCUT2D eigenvalue weighted by molar-refractivity contribution is 0.275. The summed E-state index contributed by atoms with van der Waals surface area (Å²) in [6.07, 6.45) is 3.30. The van der Waals surface area contributed by atoms with Crippen molar-refractivity contribution in [3.63, 3.8) is 0 Å². The van der Waals surface area contributed by atoms with Gasteiger partial charge in [-0.15, -0.1) is 0 Å². The fraction of sp³-hybridized carbons (Fsp3) is 0.286. The molecule has 1 N–H and O–H groups in total. The number of hydrogen-bond donors (Lipinski definition) is 1. The van der Waals surface area contributed by atoms with Gasteiger partial charge in [0.05, 0.1) is 6.61 Å². The Morgan fingerprint density at radius 3 is 2.50 bits per heavy atom. The molecular weight excluding hydrogens is 130 g/mol. The van der Waals surface area contributed by atoms with Gasteiger partial charge in [-0.25, -0.2) is 0 Å². The lowest BCUT2D eigenvalue weighted by Gasteiger charge is -1.99. The van der Waals surface area contributed by atoms with Crippen molar-refractivity contribution in [1.82, 2.24) is 4.57 Å². The second-order valence-electron chi connectivity index (χ2n) is 2.00. The predicted octanol–water partition coefficient (Wildman–Crippen LogP) is -0.159. The van der Waals surface area contributed by atoms with E-state index in [1.807, 2.05) is 0 Å². The Morgan fingerprint density at radius 2 is 2.00 bits per heavy atom. The molecule has 0 saturated carbocycles. The molecule has 1 rings (SSSR count). The summed E-state index contributed by atoms with van der Waals surface area (Å²) in [7, 11) is 0. The molecule has 0 aliphatic heterocycles. The van der Waals surface area contributed by atoms with Crippen LogP contribution >= 0.6 is 0 Å². The Bertz CT molecular complexity index is 234. The number of aromatic nitrogens is 1. The fourth-order valence-electron chi connectivity index (χ4n) is 0.708. The third-order valence-corrected chi connectivity index (χ3v) is 1.22. The fourth-order valence-corrected chi connectivity index (χ4v) is 0.708. The zero-order valence-electron chi connectivity index (χ0n) is 5.53. The SMILES string of the molecule is O=c1ccn(CCO)cc1. The van der Waals surface area contributed by atoms with Crippen molar-refractivity contribution < 1.29 is 5.11 Å².